The van der Waals surface area contributed by atoms with Crippen molar-refractivity contribution in [3.8, 4) is 0 Å². The Morgan fingerprint density at radius 3 is 1.61 bits per heavy atom. The van der Waals surface area contributed by atoms with Gasteiger partial charge < -0.3 is 14.2 Å². The molecule has 0 N–H and O–H groups in total. The van der Waals surface area contributed by atoms with Gasteiger partial charge in [0.05, 0.1) is 11.3 Å². The normalized spacial score (nSPS) is 21.2. The Kier molecular flexibility index (Phi) is 9.94. The Hall–Kier alpha value is -4.70. The molecule has 69 heavy (non-hydrogen) atoms. The summed E-state index contributed by atoms with van der Waals surface area (Å²) in [5.74, 6) is 0.364. The quantitative estimate of drug-likeness (QED) is 0.164. The van der Waals surface area contributed by atoms with Crippen LogP contribution < -0.4 is 26.4 Å². The molecule has 5 aliphatic rings. The maximum Gasteiger partial charge on any atom is 0.297 e. The SMILES string of the molecule is CCC(C)c1cc2c3c(c1)N(c1ccc4c(c1)C(C)(C)CCC4(C)C)c1c(oc4cc5c(cc14)C(C)(C)CCC5(C)C)B3c1cc3c(cc1N2c1ccc(C(C)(C)C)cc1C)C(C)(C)CCC3(C)C. The van der Waals surface area contributed by atoms with E-state index in [4.69, 9.17) is 4.42 Å². The maximum absolute atomic E-state index is 7.76. The molecule has 3 aliphatic carbocycles. The second-order valence-corrected chi connectivity index (χ2v) is 27.8. The smallest absolute Gasteiger partial charge is 0.297 e. The molecule has 6 aromatic rings. The van der Waals surface area contributed by atoms with Gasteiger partial charge in [-0.25, -0.2) is 0 Å². The summed E-state index contributed by atoms with van der Waals surface area (Å²) in [5, 5.41) is 1.24. The predicted octanol–water partition coefficient (Wildman–Crippen LogP) is 16.7. The van der Waals surface area contributed by atoms with Gasteiger partial charge in [0.25, 0.3) is 6.71 Å². The molecule has 3 heterocycles. The summed E-state index contributed by atoms with van der Waals surface area (Å²) in [7, 11) is 0. The Labute approximate surface area is 416 Å². The molecule has 1 aromatic heterocycles. The summed E-state index contributed by atoms with van der Waals surface area (Å²) in [4.78, 5) is 5.39. The van der Waals surface area contributed by atoms with Crippen LogP contribution in [0, 0.1) is 6.92 Å². The van der Waals surface area contributed by atoms with Crippen molar-refractivity contribution in [1.82, 2.24) is 0 Å². The van der Waals surface area contributed by atoms with Crippen molar-refractivity contribution in [2.75, 3.05) is 9.80 Å². The highest BCUT2D eigenvalue weighted by molar-refractivity contribution is 7.00. The average molecular weight is 917 g/mol. The molecule has 4 heteroatoms. The van der Waals surface area contributed by atoms with Gasteiger partial charge in [0.1, 0.15) is 5.58 Å². The van der Waals surface area contributed by atoms with E-state index in [-0.39, 0.29) is 44.6 Å². The lowest BCUT2D eigenvalue weighted by Crippen LogP contribution is -2.61. The lowest BCUT2D eigenvalue weighted by atomic mass is 9.35. The van der Waals surface area contributed by atoms with Crippen molar-refractivity contribution >= 4 is 68.4 Å². The molecule has 0 fully saturated rings. The number of furan rings is 1. The van der Waals surface area contributed by atoms with Crippen molar-refractivity contribution in [2.24, 2.45) is 0 Å². The molecule has 0 spiro atoms. The zero-order valence-electron chi connectivity index (χ0n) is 45.8. The van der Waals surface area contributed by atoms with E-state index in [1.54, 1.807) is 0 Å². The van der Waals surface area contributed by atoms with Crippen LogP contribution >= 0.6 is 0 Å². The molecule has 0 radical (unpaired) electrons. The first-order chi connectivity index (χ1) is 32.1. The molecule has 5 aromatic carbocycles. The molecular weight excluding hydrogens is 836 g/mol. The lowest BCUT2D eigenvalue weighted by molar-refractivity contribution is 0.332. The first kappa shape index (κ1) is 46.7. The molecule has 0 saturated heterocycles. The summed E-state index contributed by atoms with van der Waals surface area (Å²) in [6.45, 7) is 43.7. The number of hydrogen-bond acceptors (Lipinski definition) is 3. The Morgan fingerprint density at radius 2 is 1.06 bits per heavy atom. The summed E-state index contributed by atoms with van der Waals surface area (Å²) in [6.07, 6.45) is 8.10. The number of aryl methyl sites for hydroxylation is 1. The van der Waals surface area contributed by atoms with Crippen molar-refractivity contribution < 1.29 is 4.42 Å². The van der Waals surface area contributed by atoms with E-state index >= 15 is 0 Å². The first-order valence-electron chi connectivity index (χ1n) is 26.9. The van der Waals surface area contributed by atoms with Crippen LogP contribution in [-0.2, 0) is 37.9 Å². The largest absolute Gasteiger partial charge is 0.468 e. The average Bonchev–Trinajstić information content (AvgIpc) is 3.65. The Morgan fingerprint density at radius 1 is 0.551 bits per heavy atom. The van der Waals surface area contributed by atoms with E-state index in [0.717, 1.165) is 17.7 Å². The predicted molar refractivity (Wildman–Crippen MR) is 298 cm³/mol. The number of rotatable bonds is 4. The lowest BCUT2D eigenvalue weighted by Gasteiger charge is -2.47. The number of benzene rings is 5. The number of nitrogens with zero attached hydrogens (tertiary/aromatic N) is 2. The fourth-order valence-corrected chi connectivity index (χ4v) is 13.8. The summed E-state index contributed by atoms with van der Waals surface area (Å²) < 4.78 is 7.76. The van der Waals surface area contributed by atoms with Crippen molar-refractivity contribution in [3.63, 3.8) is 0 Å². The summed E-state index contributed by atoms with van der Waals surface area (Å²) >= 11 is 0. The van der Waals surface area contributed by atoms with Gasteiger partial charge in [-0.05, 0) is 205 Å². The van der Waals surface area contributed by atoms with Crippen LogP contribution in [0.4, 0.5) is 34.1 Å². The molecule has 2 aliphatic heterocycles. The Balaban J connectivity index is 1.31. The van der Waals surface area contributed by atoms with Crippen LogP contribution in [0.3, 0.4) is 0 Å². The third kappa shape index (κ3) is 6.85. The highest BCUT2D eigenvalue weighted by atomic mass is 16.3. The van der Waals surface area contributed by atoms with Crippen molar-refractivity contribution in [1.29, 1.82) is 0 Å². The van der Waals surface area contributed by atoms with Gasteiger partial charge in [-0.15, -0.1) is 0 Å². The second kappa shape index (κ2) is 14.7. The van der Waals surface area contributed by atoms with Gasteiger partial charge in [0.2, 0.25) is 0 Å². The molecule has 0 saturated carbocycles. The number of fused-ring (bicyclic) bond motifs is 9. The molecule has 360 valence electrons. The van der Waals surface area contributed by atoms with E-state index in [9.17, 15) is 0 Å². The molecule has 1 unspecified atom stereocenters. The number of anilines is 6. The van der Waals surface area contributed by atoms with Gasteiger partial charge in [-0.1, -0.05) is 142 Å². The van der Waals surface area contributed by atoms with Crippen LogP contribution in [0.15, 0.2) is 77.2 Å². The molecule has 0 bridgehead atoms. The third-order valence-corrected chi connectivity index (χ3v) is 19.2. The van der Waals surface area contributed by atoms with E-state index in [1.807, 2.05) is 0 Å². The van der Waals surface area contributed by atoms with Crippen LogP contribution in [-0.4, -0.2) is 6.71 Å². The fourth-order valence-electron chi connectivity index (χ4n) is 13.8. The van der Waals surface area contributed by atoms with Gasteiger partial charge in [-0.2, -0.15) is 0 Å². The molecule has 11 rings (SSSR count). The van der Waals surface area contributed by atoms with Crippen LogP contribution in [0.1, 0.15) is 219 Å². The van der Waals surface area contributed by atoms with Gasteiger partial charge in [0, 0.05) is 33.8 Å². The van der Waals surface area contributed by atoms with Crippen LogP contribution in [0.25, 0.3) is 11.0 Å². The van der Waals surface area contributed by atoms with Crippen molar-refractivity contribution in [3.05, 3.63) is 123 Å². The van der Waals surface area contributed by atoms with Crippen LogP contribution in [0.5, 0.6) is 0 Å². The molecule has 3 nitrogen and oxygen atoms in total. The van der Waals surface area contributed by atoms with E-state index < -0.39 is 0 Å². The van der Waals surface area contributed by atoms with E-state index in [2.05, 4.69) is 207 Å². The van der Waals surface area contributed by atoms with Gasteiger partial charge in [-0.3, -0.25) is 0 Å². The highest BCUT2D eigenvalue weighted by Crippen LogP contribution is 2.55. The fraction of sp³-hybridized carbons (Fsp3) is 0.508. The highest BCUT2D eigenvalue weighted by Gasteiger charge is 2.50. The second-order valence-electron chi connectivity index (χ2n) is 27.8. The number of hydrogen-bond donors (Lipinski definition) is 0. The minimum Gasteiger partial charge on any atom is -0.468 e. The summed E-state index contributed by atoms with van der Waals surface area (Å²) in [5.41, 5.74) is 25.8. The maximum atomic E-state index is 7.76. The molecule has 0 amide bonds. The third-order valence-electron chi connectivity index (χ3n) is 19.2. The zero-order valence-corrected chi connectivity index (χ0v) is 45.8. The zero-order chi connectivity index (χ0) is 49.5. The topological polar surface area (TPSA) is 19.6 Å². The van der Waals surface area contributed by atoms with E-state index in [0.29, 0.717) is 5.92 Å². The van der Waals surface area contributed by atoms with Crippen LogP contribution in [0.2, 0.25) is 0 Å². The summed E-state index contributed by atoms with van der Waals surface area (Å²) in [6, 6.07) is 30.4. The molecule has 1 atom stereocenters. The van der Waals surface area contributed by atoms with Gasteiger partial charge in [0.15, 0.2) is 0 Å². The molecular formula is C65H81BN2O. The van der Waals surface area contributed by atoms with E-state index in [1.165, 1.54) is 139 Å². The first-order valence-corrected chi connectivity index (χ1v) is 26.9. The minimum absolute atomic E-state index is 0.0375. The Bertz CT molecular complexity index is 3140. The van der Waals surface area contributed by atoms with Gasteiger partial charge >= 0.3 is 0 Å². The monoisotopic (exact) mass is 917 g/mol. The van der Waals surface area contributed by atoms with Crippen molar-refractivity contribution in [2.45, 2.75) is 213 Å². The minimum atomic E-state index is -0.0998. The standard InChI is InChI=1S/C65H81BN2O/c1-19-38(2)40-31-53-56-54(32-40)68(51-23-20-41(30-39(51)3)59(4,5)6)52-36-48-47(63(13,14)27-28-64(48,15)16)35-50(52)66(56)58-57(43-34-46-49(37-55(43)69-58)65(17,18)29-26-62(46,11)12)67(53)42-21-22-44-45(33-42)61(9,10)25-24-60(44,7)8/h20-23,30-38H,19,24-29H2,1-18H3.